The van der Waals surface area contributed by atoms with Crippen molar-refractivity contribution in [1.29, 1.82) is 0 Å². The van der Waals surface area contributed by atoms with E-state index >= 15 is 0 Å². The number of rotatable bonds is 8. The lowest BCUT2D eigenvalue weighted by molar-refractivity contribution is -0.233. The second kappa shape index (κ2) is 10.6. The van der Waals surface area contributed by atoms with E-state index in [1.807, 2.05) is 71.9 Å². The minimum Gasteiger partial charge on any atom is -0.467 e. The van der Waals surface area contributed by atoms with Gasteiger partial charge in [0.05, 0.1) is 7.11 Å². The summed E-state index contributed by atoms with van der Waals surface area (Å²) in [6.07, 6.45) is -2.48. The molecule has 9 nitrogen and oxygen atoms in total. The SMILES string of the molecule is COC(=O)[C@@H](NC(=O)CC(Sc1ccccc1)[C@H]1O[C@@H]2OC(C)(C)O[C@@H]2[C@H]2OC(C)(C)O[C@H]21)C(C)C. The van der Waals surface area contributed by atoms with Crippen molar-refractivity contribution in [2.45, 2.75) is 106 Å². The molecule has 0 aliphatic carbocycles. The quantitative estimate of drug-likeness (QED) is 0.406. The van der Waals surface area contributed by atoms with Crippen molar-refractivity contribution in [3.8, 4) is 0 Å². The third-order valence-corrected chi connectivity index (χ3v) is 7.69. The van der Waals surface area contributed by atoms with Gasteiger partial charge in [-0.2, -0.15) is 0 Å². The topological polar surface area (TPSA) is 102 Å². The Hall–Kier alpha value is -1.69. The zero-order valence-corrected chi connectivity index (χ0v) is 22.7. The van der Waals surface area contributed by atoms with Crippen LogP contribution in [0, 0.1) is 5.92 Å². The molecular weight excluding hydrogens is 486 g/mol. The van der Waals surface area contributed by atoms with E-state index in [2.05, 4.69) is 5.32 Å². The number of nitrogens with one attached hydrogen (secondary N) is 1. The summed E-state index contributed by atoms with van der Waals surface area (Å²) in [5, 5.41) is 2.48. The number of carbonyl (C=O) groups is 2. The molecule has 10 heteroatoms. The Morgan fingerprint density at radius 3 is 2.22 bits per heavy atom. The molecule has 3 aliphatic rings. The highest BCUT2D eigenvalue weighted by Crippen LogP contribution is 2.47. The van der Waals surface area contributed by atoms with Crippen molar-refractivity contribution in [2.75, 3.05) is 7.11 Å². The Labute approximate surface area is 216 Å². The summed E-state index contributed by atoms with van der Waals surface area (Å²) in [6, 6.07) is 9.06. The normalized spacial score (nSPS) is 31.8. The first-order valence-corrected chi connectivity index (χ1v) is 13.2. The maximum Gasteiger partial charge on any atom is 0.328 e. The number of ether oxygens (including phenoxy) is 6. The van der Waals surface area contributed by atoms with Crippen LogP contribution in [0.25, 0.3) is 0 Å². The lowest BCUT2D eigenvalue weighted by Crippen LogP contribution is -2.58. The van der Waals surface area contributed by atoms with Gasteiger partial charge in [0.1, 0.15) is 30.5 Å². The van der Waals surface area contributed by atoms with Crippen molar-refractivity contribution in [3.05, 3.63) is 30.3 Å². The van der Waals surface area contributed by atoms with Gasteiger partial charge < -0.3 is 33.7 Å². The molecule has 0 bridgehead atoms. The van der Waals surface area contributed by atoms with E-state index in [-0.39, 0.29) is 23.5 Å². The molecule has 0 saturated carbocycles. The molecule has 4 rings (SSSR count). The van der Waals surface area contributed by atoms with E-state index in [9.17, 15) is 9.59 Å². The van der Waals surface area contributed by atoms with Crippen LogP contribution in [0.1, 0.15) is 48.0 Å². The lowest BCUT2D eigenvalue weighted by Gasteiger charge is -2.40. The van der Waals surface area contributed by atoms with Crippen molar-refractivity contribution < 1.29 is 38.0 Å². The van der Waals surface area contributed by atoms with Crippen molar-refractivity contribution in [2.24, 2.45) is 5.92 Å². The highest BCUT2D eigenvalue weighted by molar-refractivity contribution is 8.00. The number of fused-ring (bicyclic) bond motifs is 3. The molecule has 0 aromatic heterocycles. The van der Waals surface area contributed by atoms with Crippen molar-refractivity contribution >= 4 is 23.6 Å². The Morgan fingerprint density at radius 2 is 1.58 bits per heavy atom. The van der Waals surface area contributed by atoms with Gasteiger partial charge in [0, 0.05) is 16.6 Å². The fraction of sp³-hybridized carbons (Fsp3) is 0.692. The fourth-order valence-corrected chi connectivity index (χ4v) is 6.13. The Morgan fingerprint density at radius 1 is 0.972 bits per heavy atom. The highest BCUT2D eigenvalue weighted by Gasteiger charge is 2.62. The van der Waals surface area contributed by atoms with Gasteiger partial charge in [-0.3, -0.25) is 4.79 Å². The zero-order valence-electron chi connectivity index (χ0n) is 21.9. The summed E-state index contributed by atoms with van der Waals surface area (Å²) in [4.78, 5) is 26.5. The molecule has 1 N–H and O–H groups in total. The first-order valence-electron chi connectivity index (χ1n) is 12.3. The van der Waals surface area contributed by atoms with Gasteiger partial charge in [0.25, 0.3) is 0 Å². The molecule has 200 valence electrons. The van der Waals surface area contributed by atoms with Gasteiger partial charge in [-0.25, -0.2) is 4.79 Å². The van der Waals surface area contributed by atoms with Crippen LogP contribution in [-0.2, 0) is 38.0 Å². The number of thioether (sulfide) groups is 1. The molecule has 7 atom stereocenters. The zero-order chi connectivity index (χ0) is 26.3. The van der Waals surface area contributed by atoms with Crippen LogP contribution in [-0.4, -0.2) is 72.6 Å². The minimum absolute atomic E-state index is 0.0824. The summed E-state index contributed by atoms with van der Waals surface area (Å²) in [5.74, 6) is -2.57. The van der Waals surface area contributed by atoms with E-state index in [4.69, 9.17) is 28.4 Å². The number of amides is 1. The predicted octanol–water partition coefficient (Wildman–Crippen LogP) is 3.25. The van der Waals surface area contributed by atoms with Crippen LogP contribution in [0.4, 0.5) is 0 Å². The van der Waals surface area contributed by atoms with Gasteiger partial charge >= 0.3 is 5.97 Å². The maximum absolute atomic E-state index is 13.3. The number of methoxy groups -OCH3 is 1. The predicted molar refractivity (Wildman–Crippen MR) is 132 cm³/mol. The molecule has 3 saturated heterocycles. The smallest absolute Gasteiger partial charge is 0.328 e. The van der Waals surface area contributed by atoms with E-state index in [0.29, 0.717) is 0 Å². The second-order valence-electron chi connectivity index (χ2n) is 10.6. The van der Waals surface area contributed by atoms with Gasteiger partial charge in [-0.05, 0) is 45.7 Å². The van der Waals surface area contributed by atoms with Crippen LogP contribution in [0.5, 0.6) is 0 Å². The van der Waals surface area contributed by atoms with E-state index in [0.717, 1.165) is 4.90 Å². The molecule has 1 unspecified atom stereocenters. The summed E-state index contributed by atoms with van der Waals surface area (Å²) < 4.78 is 36.1. The minimum atomic E-state index is -0.847. The number of esters is 1. The largest absolute Gasteiger partial charge is 0.467 e. The first kappa shape index (κ1) is 27.3. The van der Waals surface area contributed by atoms with Crippen LogP contribution in [0.15, 0.2) is 35.2 Å². The average Bonchev–Trinajstić information content (AvgIpc) is 3.30. The maximum atomic E-state index is 13.3. The molecule has 36 heavy (non-hydrogen) atoms. The fourth-order valence-electron chi connectivity index (χ4n) is 4.88. The van der Waals surface area contributed by atoms with E-state index < -0.39 is 54.3 Å². The highest BCUT2D eigenvalue weighted by atomic mass is 32.2. The molecule has 0 radical (unpaired) electrons. The molecule has 1 amide bonds. The number of hydrogen-bond acceptors (Lipinski definition) is 9. The van der Waals surface area contributed by atoms with Crippen LogP contribution in [0.2, 0.25) is 0 Å². The summed E-state index contributed by atoms with van der Waals surface area (Å²) in [7, 11) is 1.31. The molecule has 3 fully saturated rings. The van der Waals surface area contributed by atoms with Gasteiger partial charge in [0.15, 0.2) is 17.9 Å². The third-order valence-electron chi connectivity index (χ3n) is 6.41. The van der Waals surface area contributed by atoms with E-state index in [1.165, 1.54) is 18.9 Å². The summed E-state index contributed by atoms with van der Waals surface area (Å²) >= 11 is 1.52. The Balaban J connectivity index is 1.61. The monoisotopic (exact) mass is 523 g/mol. The van der Waals surface area contributed by atoms with Crippen molar-refractivity contribution in [1.82, 2.24) is 5.32 Å². The van der Waals surface area contributed by atoms with Gasteiger partial charge in [-0.1, -0.05) is 32.0 Å². The third kappa shape index (κ3) is 6.06. The van der Waals surface area contributed by atoms with Crippen LogP contribution < -0.4 is 5.32 Å². The van der Waals surface area contributed by atoms with Crippen molar-refractivity contribution in [3.63, 3.8) is 0 Å². The number of hydrogen-bond donors (Lipinski definition) is 1. The molecular formula is C26H37NO8S. The number of carbonyl (C=O) groups excluding carboxylic acids is 2. The van der Waals surface area contributed by atoms with E-state index in [1.54, 1.807) is 0 Å². The first-order chi connectivity index (χ1) is 16.9. The van der Waals surface area contributed by atoms with Crippen LogP contribution in [0.3, 0.4) is 0 Å². The molecule has 1 aromatic rings. The summed E-state index contributed by atoms with van der Waals surface area (Å²) in [5.41, 5.74) is 0. The molecule has 3 aliphatic heterocycles. The van der Waals surface area contributed by atoms with Gasteiger partial charge in [-0.15, -0.1) is 11.8 Å². The summed E-state index contributed by atoms with van der Waals surface area (Å²) in [6.45, 7) is 11.1. The van der Waals surface area contributed by atoms with Gasteiger partial charge in [0.2, 0.25) is 5.91 Å². The lowest BCUT2D eigenvalue weighted by atomic mass is 9.95. The number of benzene rings is 1. The molecule has 3 heterocycles. The molecule has 0 spiro atoms. The average molecular weight is 524 g/mol. The Kier molecular flexibility index (Phi) is 8.04. The standard InChI is InChI=1S/C26H37NO8S/c1-14(2)18(23(29)30-7)27-17(28)13-16(36-15-11-9-8-10-12-15)19-20-21(33-25(3,4)32-20)22-24(31-19)35-26(5,6)34-22/h8-12,14,16,18-22,24H,13H2,1-7H3,(H,27,28)/t16?,18-,19+,20-,21-,22+,24+/m0/s1. The van der Waals surface area contributed by atoms with Crippen LogP contribution >= 0.6 is 11.8 Å². The second-order valence-corrected chi connectivity index (χ2v) is 11.9. The molecule has 1 aromatic carbocycles. The Bertz CT molecular complexity index is 939.